The third-order valence-electron chi connectivity index (χ3n) is 3.18. The Morgan fingerprint density at radius 1 is 1.08 bits per heavy atom. The SMILES string of the molecule is Cc1cccc(C)c1OCC(C)N.O=C(O)CC(O)(CC(=O)O)C(=O)O. The topological polar surface area (TPSA) is 167 Å². The number of para-hydroxylation sites is 1. The second kappa shape index (κ2) is 10.4. The minimum Gasteiger partial charge on any atom is -0.491 e. The van der Waals surface area contributed by atoms with E-state index in [9.17, 15) is 14.4 Å². The molecule has 0 aliphatic carbocycles. The lowest BCUT2D eigenvalue weighted by Crippen LogP contribution is -2.42. The van der Waals surface area contributed by atoms with Gasteiger partial charge in [0.1, 0.15) is 12.4 Å². The van der Waals surface area contributed by atoms with Crippen molar-refractivity contribution in [2.45, 2.75) is 45.3 Å². The zero-order valence-electron chi connectivity index (χ0n) is 14.9. The van der Waals surface area contributed by atoms with Gasteiger partial charge in [-0.05, 0) is 31.9 Å². The largest absolute Gasteiger partial charge is 0.491 e. The summed E-state index contributed by atoms with van der Waals surface area (Å²) in [7, 11) is 0. The molecule has 0 amide bonds. The van der Waals surface area contributed by atoms with Crippen LogP contribution in [-0.4, -0.2) is 56.6 Å². The van der Waals surface area contributed by atoms with Gasteiger partial charge in [-0.3, -0.25) is 9.59 Å². The summed E-state index contributed by atoms with van der Waals surface area (Å²) in [6, 6.07) is 6.20. The van der Waals surface area contributed by atoms with Crippen LogP contribution in [0.2, 0.25) is 0 Å². The molecule has 1 aromatic rings. The standard InChI is InChI=1S/C11H17NO.C6H8O7/c1-8-5-4-6-9(2)11(8)13-7-10(3)12;7-3(8)1-6(13,5(11)12)2-4(9)10/h4-6,10H,7,12H2,1-3H3;13H,1-2H2,(H,7,8)(H,9,10)(H,11,12). The van der Waals surface area contributed by atoms with Gasteiger partial charge in [-0.15, -0.1) is 0 Å². The predicted octanol–water partition coefficient (Wildman–Crippen LogP) is 0.781. The third-order valence-corrected chi connectivity index (χ3v) is 3.18. The number of carboxylic acids is 3. The van der Waals surface area contributed by atoms with Crippen LogP contribution in [0.25, 0.3) is 0 Å². The van der Waals surface area contributed by atoms with Crippen molar-refractivity contribution in [3.8, 4) is 5.75 Å². The van der Waals surface area contributed by atoms with Gasteiger partial charge in [0, 0.05) is 6.04 Å². The Bertz CT molecular complexity index is 605. The molecule has 1 rings (SSSR count). The predicted molar refractivity (Wildman–Crippen MR) is 92.2 cm³/mol. The molecule has 6 N–H and O–H groups in total. The summed E-state index contributed by atoms with van der Waals surface area (Å²) in [4.78, 5) is 30.5. The summed E-state index contributed by atoms with van der Waals surface area (Å²) in [5.74, 6) is -4.05. The van der Waals surface area contributed by atoms with Gasteiger partial charge in [0.05, 0.1) is 12.8 Å². The maximum absolute atomic E-state index is 10.3. The van der Waals surface area contributed by atoms with Gasteiger partial charge < -0.3 is 30.9 Å². The van der Waals surface area contributed by atoms with E-state index in [1.54, 1.807) is 0 Å². The molecule has 0 aromatic heterocycles. The molecule has 0 aliphatic rings. The summed E-state index contributed by atoms with van der Waals surface area (Å²) in [6.45, 7) is 6.60. The fourth-order valence-corrected chi connectivity index (χ4v) is 1.96. The highest BCUT2D eigenvalue weighted by Gasteiger charge is 2.40. The van der Waals surface area contributed by atoms with E-state index in [1.807, 2.05) is 39.0 Å². The maximum Gasteiger partial charge on any atom is 0.336 e. The number of aliphatic carboxylic acids is 3. The normalized spacial score (nSPS) is 11.7. The molecule has 9 nitrogen and oxygen atoms in total. The van der Waals surface area contributed by atoms with Crippen molar-refractivity contribution in [1.29, 1.82) is 0 Å². The first-order chi connectivity index (χ1) is 11.9. The fourth-order valence-electron chi connectivity index (χ4n) is 1.96. The van der Waals surface area contributed by atoms with Crippen molar-refractivity contribution in [1.82, 2.24) is 0 Å². The Kier molecular flexibility index (Phi) is 9.31. The number of rotatable bonds is 8. The third kappa shape index (κ3) is 8.45. The minimum atomic E-state index is -2.74. The van der Waals surface area contributed by atoms with Crippen LogP contribution >= 0.6 is 0 Å². The number of hydrogen-bond donors (Lipinski definition) is 5. The number of carboxylic acid groups (broad SMARTS) is 3. The van der Waals surface area contributed by atoms with Crippen LogP contribution < -0.4 is 10.5 Å². The number of aryl methyl sites for hydroxylation is 2. The van der Waals surface area contributed by atoms with Crippen molar-refractivity contribution < 1.29 is 39.5 Å². The highest BCUT2D eigenvalue weighted by Crippen LogP contribution is 2.22. The number of nitrogens with two attached hydrogens (primary N) is 1. The second-order valence-corrected chi connectivity index (χ2v) is 5.99. The van der Waals surface area contributed by atoms with Crippen LogP contribution in [0.5, 0.6) is 5.75 Å². The van der Waals surface area contributed by atoms with Gasteiger partial charge >= 0.3 is 17.9 Å². The van der Waals surface area contributed by atoms with E-state index in [4.69, 9.17) is 30.9 Å². The average Bonchev–Trinajstić information content (AvgIpc) is 2.45. The average molecular weight is 371 g/mol. The van der Waals surface area contributed by atoms with Gasteiger partial charge in [0.15, 0.2) is 5.60 Å². The van der Waals surface area contributed by atoms with Crippen molar-refractivity contribution in [3.63, 3.8) is 0 Å². The van der Waals surface area contributed by atoms with E-state index < -0.39 is 36.4 Å². The van der Waals surface area contributed by atoms with E-state index in [-0.39, 0.29) is 6.04 Å². The molecule has 0 saturated heterocycles. The van der Waals surface area contributed by atoms with Gasteiger partial charge in [-0.2, -0.15) is 0 Å². The van der Waals surface area contributed by atoms with E-state index in [0.717, 1.165) is 5.75 Å². The molecule has 1 unspecified atom stereocenters. The lowest BCUT2D eigenvalue weighted by atomic mass is 9.96. The smallest absolute Gasteiger partial charge is 0.336 e. The molecule has 0 saturated carbocycles. The first kappa shape index (κ1) is 23.4. The summed E-state index contributed by atoms with van der Waals surface area (Å²) >= 11 is 0. The zero-order valence-corrected chi connectivity index (χ0v) is 14.9. The van der Waals surface area contributed by atoms with Crippen molar-refractivity contribution >= 4 is 17.9 Å². The van der Waals surface area contributed by atoms with Crippen molar-refractivity contribution in [3.05, 3.63) is 29.3 Å². The lowest BCUT2D eigenvalue weighted by Gasteiger charge is -2.18. The molecule has 0 fully saturated rings. The first-order valence-electron chi connectivity index (χ1n) is 7.73. The van der Waals surface area contributed by atoms with Crippen LogP contribution in [0.3, 0.4) is 0 Å². The molecule has 1 atom stereocenters. The minimum absolute atomic E-state index is 0.0824. The van der Waals surface area contributed by atoms with Crippen molar-refractivity contribution in [2.75, 3.05) is 6.61 Å². The summed E-state index contributed by atoms with van der Waals surface area (Å²) in [5, 5.41) is 33.8. The van der Waals surface area contributed by atoms with Crippen LogP contribution in [-0.2, 0) is 14.4 Å². The second-order valence-electron chi connectivity index (χ2n) is 5.99. The molecule has 0 radical (unpaired) electrons. The Labute approximate surface area is 151 Å². The summed E-state index contributed by atoms with van der Waals surface area (Å²) < 4.78 is 5.60. The van der Waals surface area contributed by atoms with Crippen molar-refractivity contribution in [2.24, 2.45) is 5.73 Å². The summed E-state index contributed by atoms with van der Waals surface area (Å²) in [5.41, 5.74) is 5.21. The van der Waals surface area contributed by atoms with Gasteiger partial charge in [0.2, 0.25) is 0 Å². The molecule has 0 bridgehead atoms. The summed E-state index contributed by atoms with van der Waals surface area (Å²) in [6.07, 6.45) is -2.29. The van der Waals surface area contributed by atoms with Crippen LogP contribution in [0.4, 0.5) is 0 Å². The number of benzene rings is 1. The van der Waals surface area contributed by atoms with E-state index >= 15 is 0 Å². The number of ether oxygens (including phenoxy) is 1. The molecule has 9 heteroatoms. The Morgan fingerprint density at radius 2 is 1.50 bits per heavy atom. The van der Waals surface area contributed by atoms with Gasteiger partial charge in [-0.25, -0.2) is 4.79 Å². The molecular formula is C17H25NO8. The Balaban J connectivity index is 0.000000481. The maximum atomic E-state index is 10.3. The van der Waals surface area contributed by atoms with Crippen LogP contribution in [0.15, 0.2) is 18.2 Å². The van der Waals surface area contributed by atoms with E-state index in [1.165, 1.54) is 11.1 Å². The van der Waals surface area contributed by atoms with Crippen LogP contribution in [0, 0.1) is 13.8 Å². The van der Waals surface area contributed by atoms with E-state index in [0.29, 0.717) is 6.61 Å². The molecule has 0 spiro atoms. The quantitative estimate of drug-likeness (QED) is 0.443. The molecule has 146 valence electrons. The molecule has 26 heavy (non-hydrogen) atoms. The lowest BCUT2D eigenvalue weighted by molar-refractivity contribution is -0.170. The monoisotopic (exact) mass is 371 g/mol. The highest BCUT2D eigenvalue weighted by atomic mass is 16.5. The Hall–Kier alpha value is -2.65. The number of carbonyl (C=O) groups is 3. The number of aliphatic hydroxyl groups is 1. The molecule has 0 aliphatic heterocycles. The van der Waals surface area contributed by atoms with Gasteiger partial charge in [0.25, 0.3) is 0 Å². The molecular weight excluding hydrogens is 346 g/mol. The highest BCUT2D eigenvalue weighted by molar-refractivity contribution is 5.88. The molecule has 0 heterocycles. The zero-order chi connectivity index (χ0) is 20.5. The molecule has 1 aromatic carbocycles. The Morgan fingerprint density at radius 3 is 1.81 bits per heavy atom. The van der Waals surface area contributed by atoms with E-state index in [2.05, 4.69) is 0 Å². The number of hydrogen-bond acceptors (Lipinski definition) is 6. The fraction of sp³-hybridized carbons (Fsp3) is 0.471. The van der Waals surface area contributed by atoms with Gasteiger partial charge in [-0.1, -0.05) is 18.2 Å². The van der Waals surface area contributed by atoms with Crippen LogP contribution in [0.1, 0.15) is 30.9 Å². The first-order valence-corrected chi connectivity index (χ1v) is 7.73.